The van der Waals surface area contributed by atoms with Crippen molar-refractivity contribution in [2.45, 2.75) is 103 Å². The van der Waals surface area contributed by atoms with Crippen molar-refractivity contribution in [1.82, 2.24) is 0 Å². The van der Waals surface area contributed by atoms with Crippen LogP contribution in [0, 0.1) is 29.6 Å². The van der Waals surface area contributed by atoms with Gasteiger partial charge in [0.25, 0.3) is 0 Å². The third-order valence-corrected chi connectivity index (χ3v) is 11.3. The van der Waals surface area contributed by atoms with E-state index < -0.39 is 36.7 Å². The Hall–Kier alpha value is -5.71. The van der Waals surface area contributed by atoms with Crippen LogP contribution in [0.1, 0.15) is 59.8 Å². The van der Waals surface area contributed by atoms with Gasteiger partial charge in [0.1, 0.15) is 42.9 Å². The van der Waals surface area contributed by atoms with Crippen molar-refractivity contribution in [1.29, 1.82) is 0 Å². The lowest BCUT2D eigenvalue weighted by Gasteiger charge is -2.26. The van der Waals surface area contributed by atoms with E-state index in [9.17, 15) is 33.6 Å². The van der Waals surface area contributed by atoms with Crippen LogP contribution >= 0.6 is 0 Å². The van der Waals surface area contributed by atoms with Gasteiger partial charge in [-0.15, -0.1) is 0 Å². The van der Waals surface area contributed by atoms with Crippen LogP contribution in [-0.2, 0) is 80.9 Å². The zero-order chi connectivity index (χ0) is 44.9. The Balaban J connectivity index is 0.000000158. The molecule has 0 amide bonds. The summed E-state index contributed by atoms with van der Waals surface area (Å²) in [5.41, 5.74) is 1.38. The van der Waals surface area contributed by atoms with Gasteiger partial charge in [0.05, 0.1) is 43.3 Å². The highest BCUT2D eigenvalue weighted by Crippen LogP contribution is 2.55. The van der Waals surface area contributed by atoms with E-state index >= 15 is 0 Å². The van der Waals surface area contributed by atoms with E-state index in [0.29, 0.717) is 48.0 Å². The predicted octanol–water partition coefficient (Wildman–Crippen LogP) is 3.85. The lowest BCUT2D eigenvalue weighted by atomic mass is 9.79. The first-order valence-electron chi connectivity index (χ1n) is 20.0. The van der Waals surface area contributed by atoms with Gasteiger partial charge >= 0.3 is 41.8 Å². The van der Waals surface area contributed by atoms with Gasteiger partial charge in [-0.1, -0.05) is 39.5 Å². The summed E-state index contributed by atoms with van der Waals surface area (Å²) in [5, 5.41) is 0. The van der Waals surface area contributed by atoms with E-state index in [1.807, 2.05) is 0 Å². The highest BCUT2D eigenvalue weighted by atomic mass is 16.6. The average Bonchev–Trinajstić information content (AvgIpc) is 4.07. The molecule has 12 atom stereocenters. The number of cyclic esters (lactones) is 1. The Morgan fingerprint density at radius 2 is 1.33 bits per heavy atom. The van der Waals surface area contributed by atoms with E-state index in [1.54, 1.807) is 20.8 Å². The lowest BCUT2D eigenvalue weighted by Crippen LogP contribution is -2.38. The molecular formula is C44H54O17. The fourth-order valence-corrected chi connectivity index (χ4v) is 8.28. The summed E-state index contributed by atoms with van der Waals surface area (Å²) in [6.45, 7) is 28.7. The first-order chi connectivity index (χ1) is 28.7. The van der Waals surface area contributed by atoms with E-state index in [4.69, 9.17) is 42.6 Å². The number of rotatable bonds is 10. The molecule has 0 aromatic heterocycles. The largest absolute Gasteiger partial charge is 0.498 e. The van der Waals surface area contributed by atoms with Crippen molar-refractivity contribution in [3.05, 3.63) is 73.3 Å². The van der Waals surface area contributed by atoms with Gasteiger partial charge < -0.3 is 47.4 Å². The second-order valence-electron chi connectivity index (χ2n) is 16.3. The van der Waals surface area contributed by atoms with Gasteiger partial charge in [0, 0.05) is 52.9 Å². The molecule has 61 heavy (non-hydrogen) atoms. The molecule has 6 heterocycles. The van der Waals surface area contributed by atoms with Crippen LogP contribution in [0.2, 0.25) is 0 Å². The van der Waals surface area contributed by atoms with E-state index in [-0.39, 0.29) is 96.7 Å². The number of ether oxygens (including phenoxy) is 10. The van der Waals surface area contributed by atoms with Crippen LogP contribution in [0.3, 0.4) is 0 Å². The molecule has 0 spiro atoms. The van der Waals surface area contributed by atoms with Gasteiger partial charge in [-0.2, -0.15) is 0 Å². The molecular weight excluding hydrogens is 800 g/mol. The standard InChI is InChI=1S/C14H16O6.C13H16O4.C9H12O3.C8H10O4/c1-6(2)13(16)18-5-10(15)19-11-7-3-8-9(4-7)14(17)20-12(8)11;1-6(2)13(14)17-10-4-9-8-5-15-7(3)11(8)12(10)16-9;1-6(2)9(10)12-8-4-5-11-7(8)3;1-5(2)8(10)12-6-3-7(9)11-4-6/h7-9,11-12H,1,3-5H2,2H3;8-12H,1,3-5H2,2H3;8H,1,3-5H2,2H3;6H,1,3-4H2,2H3. The fourth-order valence-electron chi connectivity index (χ4n) is 8.28. The maximum Gasteiger partial charge on any atom is 0.344 e. The first kappa shape index (κ1) is 46.4. The number of carbonyl (C=O) groups is 7. The zero-order valence-electron chi connectivity index (χ0n) is 35.0. The average molecular weight is 855 g/mol. The molecule has 8 rings (SSSR count). The highest BCUT2D eigenvalue weighted by Gasteiger charge is 2.63. The van der Waals surface area contributed by atoms with Gasteiger partial charge in [-0.3, -0.25) is 9.59 Å². The molecule has 332 valence electrons. The maximum atomic E-state index is 11.7. The molecule has 12 unspecified atom stereocenters. The lowest BCUT2D eigenvalue weighted by molar-refractivity contribution is -0.168. The summed E-state index contributed by atoms with van der Waals surface area (Å²) in [6, 6.07) is 0. The number of esters is 7. The molecule has 0 N–H and O–H groups in total. The van der Waals surface area contributed by atoms with E-state index in [1.165, 1.54) is 6.92 Å². The predicted molar refractivity (Wildman–Crippen MR) is 210 cm³/mol. The Bertz CT molecular complexity index is 1880. The van der Waals surface area contributed by atoms with Crippen molar-refractivity contribution in [3.63, 3.8) is 0 Å². The topological polar surface area (TPSA) is 212 Å². The minimum Gasteiger partial charge on any atom is -0.498 e. The van der Waals surface area contributed by atoms with Crippen molar-refractivity contribution in [3.8, 4) is 0 Å². The van der Waals surface area contributed by atoms with Crippen LogP contribution in [-0.4, -0.2) is 111 Å². The second-order valence-corrected chi connectivity index (χ2v) is 16.3. The smallest absolute Gasteiger partial charge is 0.344 e. The molecule has 17 heteroatoms. The Morgan fingerprint density at radius 1 is 0.689 bits per heavy atom. The molecule has 8 aliphatic rings. The quantitative estimate of drug-likeness (QED) is 0.173. The van der Waals surface area contributed by atoms with Crippen LogP contribution < -0.4 is 0 Å². The monoisotopic (exact) mass is 854 g/mol. The fraction of sp³-hybridized carbons (Fsp3) is 0.568. The third kappa shape index (κ3) is 11.2. The third-order valence-electron chi connectivity index (χ3n) is 11.3. The van der Waals surface area contributed by atoms with Gasteiger partial charge in [0.2, 0.25) is 0 Å². The van der Waals surface area contributed by atoms with Crippen LogP contribution in [0.5, 0.6) is 0 Å². The Morgan fingerprint density at radius 3 is 1.92 bits per heavy atom. The summed E-state index contributed by atoms with van der Waals surface area (Å²) in [4.78, 5) is 78.5. The van der Waals surface area contributed by atoms with Gasteiger partial charge in [0.15, 0.2) is 12.7 Å². The summed E-state index contributed by atoms with van der Waals surface area (Å²) >= 11 is 0. The molecule has 0 aromatic rings. The SMILES string of the molecule is C=C(C)C(=O)OC1CC2OC1C1C(=C)OCC21.C=C(C)C(=O)OC1CCOC1=C.C=C(C)C(=O)OC1COC(=O)C1.C=C(C)C(=O)OCC(=O)OC1C2CC3C(=O)OC1C3C2. The first-order valence-corrected chi connectivity index (χ1v) is 20.0. The molecule has 4 bridgehead atoms. The van der Waals surface area contributed by atoms with Crippen molar-refractivity contribution >= 4 is 41.8 Å². The second kappa shape index (κ2) is 19.8. The van der Waals surface area contributed by atoms with E-state index in [0.717, 1.165) is 25.0 Å². The number of fused-ring (bicyclic) bond motifs is 6. The summed E-state index contributed by atoms with van der Waals surface area (Å²) in [7, 11) is 0. The molecule has 0 aromatic carbocycles. The van der Waals surface area contributed by atoms with Crippen molar-refractivity contribution in [2.75, 3.05) is 26.4 Å². The molecule has 2 saturated carbocycles. The molecule has 2 aliphatic carbocycles. The number of hydrogen-bond donors (Lipinski definition) is 0. The van der Waals surface area contributed by atoms with Crippen molar-refractivity contribution < 1.29 is 80.9 Å². The maximum absolute atomic E-state index is 11.7. The minimum atomic E-state index is -0.623. The van der Waals surface area contributed by atoms with Crippen molar-refractivity contribution in [2.24, 2.45) is 29.6 Å². The number of carbonyl (C=O) groups excluding carboxylic acids is 7. The molecule has 6 aliphatic heterocycles. The Kier molecular flexibility index (Phi) is 15.0. The molecule has 17 nitrogen and oxygen atoms in total. The molecule has 0 radical (unpaired) electrons. The molecule has 8 fully saturated rings. The Labute approximate surface area is 354 Å². The highest BCUT2D eigenvalue weighted by molar-refractivity contribution is 5.89. The van der Waals surface area contributed by atoms with Crippen LogP contribution in [0.4, 0.5) is 0 Å². The molecule has 6 saturated heterocycles. The van der Waals surface area contributed by atoms with Crippen LogP contribution in [0.25, 0.3) is 0 Å². The number of hydrogen-bond acceptors (Lipinski definition) is 17. The summed E-state index contributed by atoms with van der Waals surface area (Å²) in [6.07, 6.45) is 1.67. The van der Waals surface area contributed by atoms with Crippen LogP contribution in [0.15, 0.2) is 73.3 Å². The summed E-state index contributed by atoms with van der Waals surface area (Å²) in [5.74, 6) is -0.681. The van der Waals surface area contributed by atoms with E-state index in [2.05, 4.69) is 44.2 Å². The normalized spacial score (nSPS) is 32.3. The summed E-state index contributed by atoms with van der Waals surface area (Å²) < 4.78 is 51.6. The van der Waals surface area contributed by atoms with Gasteiger partial charge in [-0.05, 0) is 40.5 Å². The minimum absolute atomic E-state index is 0.0128. The zero-order valence-corrected chi connectivity index (χ0v) is 35.0. The van der Waals surface area contributed by atoms with Gasteiger partial charge in [-0.25, -0.2) is 24.0 Å².